The van der Waals surface area contributed by atoms with Crippen molar-refractivity contribution in [3.8, 4) is 0 Å². The monoisotopic (exact) mass is 324 g/mol. The number of ether oxygens (including phenoxy) is 2. The van der Waals surface area contributed by atoms with E-state index in [2.05, 4.69) is 0 Å². The quantitative estimate of drug-likeness (QED) is 0.456. The Kier molecular flexibility index (Phi) is 5.91. The zero-order valence-electron chi connectivity index (χ0n) is 10.9. The fraction of sp³-hybridized carbons (Fsp3) is 0.417. The second-order valence-electron chi connectivity index (χ2n) is 4.14. The smallest absolute Gasteiger partial charge is 0.338 e. The molecular weight excluding hydrogens is 311 g/mol. The lowest BCUT2D eigenvalue weighted by molar-refractivity contribution is 0.0176. The second-order valence-corrected chi connectivity index (χ2v) is 6.67. The maximum absolute atomic E-state index is 13.3. The van der Waals surface area contributed by atoms with E-state index in [4.69, 9.17) is 20.2 Å². The predicted molar refractivity (Wildman–Crippen MR) is 70.8 cm³/mol. The SMILES string of the molecule is CC(C)OCCOC(=O)c1ccc(F)c(S(=O)(=O)Cl)c1. The van der Waals surface area contributed by atoms with Crippen LogP contribution in [0.4, 0.5) is 4.39 Å². The van der Waals surface area contributed by atoms with E-state index < -0.39 is 25.7 Å². The highest BCUT2D eigenvalue weighted by Crippen LogP contribution is 2.20. The average Bonchev–Trinajstić information content (AvgIpc) is 2.33. The molecule has 0 bridgehead atoms. The maximum atomic E-state index is 13.3. The van der Waals surface area contributed by atoms with Gasteiger partial charge in [-0.25, -0.2) is 17.6 Å². The molecule has 0 spiro atoms. The van der Waals surface area contributed by atoms with Crippen molar-refractivity contribution in [2.45, 2.75) is 24.8 Å². The van der Waals surface area contributed by atoms with Crippen LogP contribution in [0.15, 0.2) is 23.1 Å². The largest absolute Gasteiger partial charge is 0.460 e. The minimum absolute atomic E-state index is 0.00696. The first-order valence-electron chi connectivity index (χ1n) is 5.74. The van der Waals surface area contributed by atoms with Crippen LogP contribution < -0.4 is 0 Å². The summed E-state index contributed by atoms with van der Waals surface area (Å²) in [4.78, 5) is 10.9. The van der Waals surface area contributed by atoms with Crippen molar-refractivity contribution in [3.05, 3.63) is 29.6 Å². The van der Waals surface area contributed by atoms with Crippen LogP contribution in [0.5, 0.6) is 0 Å². The van der Waals surface area contributed by atoms with Gasteiger partial charge in [0.05, 0.1) is 18.3 Å². The molecule has 0 aromatic heterocycles. The zero-order chi connectivity index (χ0) is 15.3. The molecule has 0 unspecified atom stereocenters. The summed E-state index contributed by atoms with van der Waals surface area (Å²) >= 11 is 0. The molecule has 0 radical (unpaired) electrons. The third-order valence-corrected chi connectivity index (χ3v) is 3.53. The van der Waals surface area contributed by atoms with E-state index in [1.807, 2.05) is 13.8 Å². The Bertz CT molecular complexity index is 586. The second kappa shape index (κ2) is 7.01. The van der Waals surface area contributed by atoms with Gasteiger partial charge in [-0.2, -0.15) is 0 Å². The van der Waals surface area contributed by atoms with Crippen molar-refractivity contribution in [2.24, 2.45) is 0 Å². The number of rotatable bonds is 6. The number of hydrogen-bond donors (Lipinski definition) is 0. The molecular formula is C12H14ClFO5S. The van der Waals surface area contributed by atoms with Gasteiger partial charge >= 0.3 is 5.97 Å². The highest BCUT2D eigenvalue weighted by Gasteiger charge is 2.19. The van der Waals surface area contributed by atoms with Crippen LogP contribution in [0.2, 0.25) is 0 Å². The number of halogens is 2. The molecule has 0 N–H and O–H groups in total. The Hall–Kier alpha value is -1.18. The molecule has 8 heteroatoms. The number of esters is 1. The fourth-order valence-corrected chi connectivity index (χ4v) is 2.24. The normalized spacial score (nSPS) is 11.7. The molecule has 0 saturated heterocycles. The number of benzene rings is 1. The summed E-state index contributed by atoms with van der Waals surface area (Å²) in [6.45, 7) is 3.89. The number of carbonyl (C=O) groups excluding carboxylic acids is 1. The topological polar surface area (TPSA) is 69.7 Å². The summed E-state index contributed by atoms with van der Waals surface area (Å²) in [7, 11) is 0.801. The molecule has 0 saturated carbocycles. The Labute approximate surface area is 121 Å². The molecule has 112 valence electrons. The summed E-state index contributed by atoms with van der Waals surface area (Å²) in [5.74, 6) is -1.81. The van der Waals surface area contributed by atoms with E-state index in [1.54, 1.807) is 0 Å². The molecule has 20 heavy (non-hydrogen) atoms. The van der Waals surface area contributed by atoms with Crippen molar-refractivity contribution in [3.63, 3.8) is 0 Å². The predicted octanol–water partition coefficient (Wildman–Crippen LogP) is 2.33. The average molecular weight is 325 g/mol. The molecule has 5 nitrogen and oxygen atoms in total. The van der Waals surface area contributed by atoms with Crippen LogP contribution in [0.3, 0.4) is 0 Å². The van der Waals surface area contributed by atoms with Crippen LogP contribution >= 0.6 is 10.7 Å². The molecule has 0 heterocycles. The lowest BCUT2D eigenvalue weighted by Gasteiger charge is -2.08. The summed E-state index contributed by atoms with van der Waals surface area (Å²) in [6, 6.07) is 2.80. The zero-order valence-corrected chi connectivity index (χ0v) is 12.5. The molecule has 0 aliphatic carbocycles. The van der Waals surface area contributed by atoms with Crippen LogP contribution in [-0.2, 0) is 18.5 Å². The van der Waals surface area contributed by atoms with Crippen LogP contribution in [0.1, 0.15) is 24.2 Å². The van der Waals surface area contributed by atoms with E-state index in [9.17, 15) is 17.6 Å². The first-order valence-corrected chi connectivity index (χ1v) is 8.05. The lowest BCUT2D eigenvalue weighted by atomic mass is 10.2. The Morgan fingerprint density at radius 2 is 2.00 bits per heavy atom. The molecule has 0 fully saturated rings. The standard InChI is InChI=1S/C12H14ClFO5S/c1-8(2)18-5-6-19-12(15)9-3-4-10(14)11(7-9)20(13,16)17/h3-4,7-8H,5-6H2,1-2H3. The Balaban J connectivity index is 2.75. The number of hydrogen-bond acceptors (Lipinski definition) is 5. The maximum Gasteiger partial charge on any atom is 0.338 e. The summed E-state index contributed by atoms with van der Waals surface area (Å²) in [6.07, 6.45) is 0.00696. The summed E-state index contributed by atoms with van der Waals surface area (Å²) in [5, 5.41) is 0. The first kappa shape index (κ1) is 16.9. The van der Waals surface area contributed by atoms with E-state index >= 15 is 0 Å². The van der Waals surface area contributed by atoms with Gasteiger partial charge in [0, 0.05) is 10.7 Å². The molecule has 0 atom stereocenters. The minimum atomic E-state index is -4.26. The summed E-state index contributed by atoms with van der Waals surface area (Å²) < 4.78 is 45.6. The molecule has 0 aliphatic rings. The first-order chi connectivity index (χ1) is 9.21. The van der Waals surface area contributed by atoms with Crippen molar-refractivity contribution >= 4 is 25.7 Å². The van der Waals surface area contributed by atoms with Crippen molar-refractivity contribution < 1.29 is 27.1 Å². The van der Waals surface area contributed by atoms with E-state index in [-0.39, 0.29) is 24.9 Å². The highest BCUT2D eigenvalue weighted by atomic mass is 35.7. The van der Waals surface area contributed by atoms with Crippen molar-refractivity contribution in [1.29, 1.82) is 0 Å². The molecule has 1 rings (SSSR count). The van der Waals surface area contributed by atoms with Gasteiger partial charge in [0.2, 0.25) is 0 Å². The van der Waals surface area contributed by atoms with Gasteiger partial charge in [-0.15, -0.1) is 0 Å². The van der Waals surface area contributed by atoms with Crippen LogP contribution in [0, 0.1) is 5.82 Å². The van der Waals surface area contributed by atoms with Gasteiger partial charge in [0.25, 0.3) is 9.05 Å². The molecule has 1 aromatic rings. The number of carbonyl (C=O) groups is 1. The third-order valence-electron chi connectivity index (χ3n) is 2.20. The van der Waals surface area contributed by atoms with Crippen molar-refractivity contribution in [1.82, 2.24) is 0 Å². The molecule has 0 amide bonds. The Morgan fingerprint density at radius 3 is 2.55 bits per heavy atom. The van der Waals surface area contributed by atoms with Gasteiger partial charge in [0.1, 0.15) is 17.3 Å². The highest BCUT2D eigenvalue weighted by molar-refractivity contribution is 8.13. The minimum Gasteiger partial charge on any atom is -0.460 e. The fourth-order valence-electron chi connectivity index (χ4n) is 1.32. The van der Waals surface area contributed by atoms with Crippen LogP contribution in [0.25, 0.3) is 0 Å². The lowest BCUT2D eigenvalue weighted by Crippen LogP contribution is -2.14. The summed E-state index contributed by atoms with van der Waals surface area (Å²) in [5.41, 5.74) is -0.102. The van der Waals surface area contributed by atoms with E-state index in [1.165, 1.54) is 0 Å². The molecule has 1 aromatic carbocycles. The third kappa shape index (κ3) is 5.07. The molecule has 0 aliphatic heterocycles. The Morgan fingerprint density at radius 1 is 1.35 bits per heavy atom. The van der Waals surface area contributed by atoms with Gasteiger partial charge < -0.3 is 9.47 Å². The van der Waals surface area contributed by atoms with Crippen LogP contribution in [-0.4, -0.2) is 33.7 Å². The van der Waals surface area contributed by atoms with Crippen molar-refractivity contribution in [2.75, 3.05) is 13.2 Å². The van der Waals surface area contributed by atoms with Gasteiger partial charge in [-0.05, 0) is 32.0 Å². The van der Waals surface area contributed by atoms with Gasteiger partial charge in [-0.3, -0.25) is 0 Å². The van der Waals surface area contributed by atoms with E-state index in [0.29, 0.717) is 0 Å². The van der Waals surface area contributed by atoms with E-state index in [0.717, 1.165) is 18.2 Å². The van der Waals surface area contributed by atoms with Gasteiger partial charge in [-0.1, -0.05) is 0 Å². The van der Waals surface area contributed by atoms with Gasteiger partial charge in [0.15, 0.2) is 0 Å².